The van der Waals surface area contributed by atoms with Crippen molar-refractivity contribution in [2.45, 2.75) is 57.9 Å². The minimum absolute atomic E-state index is 0.0144. The fourth-order valence-electron chi connectivity index (χ4n) is 3.16. The maximum Gasteiger partial charge on any atom is 0.248 e. The number of hydrogen-bond donors (Lipinski definition) is 2. The summed E-state index contributed by atoms with van der Waals surface area (Å²) in [5.74, 6) is 3.13. The van der Waals surface area contributed by atoms with Crippen LogP contribution in [-0.4, -0.2) is 10.9 Å². The lowest BCUT2D eigenvalue weighted by atomic mass is 9.81. The van der Waals surface area contributed by atoms with Crippen LogP contribution in [0.5, 0.6) is 0 Å². The highest BCUT2D eigenvalue weighted by Gasteiger charge is 2.37. The van der Waals surface area contributed by atoms with Crippen LogP contribution in [0.1, 0.15) is 55.1 Å². The Bertz CT molecular complexity index is 462. The molecule has 0 amide bonds. The van der Waals surface area contributed by atoms with E-state index in [1.165, 1.54) is 0 Å². The van der Waals surface area contributed by atoms with Gasteiger partial charge < -0.3 is 0 Å². The van der Waals surface area contributed by atoms with Crippen LogP contribution in [0.4, 0.5) is 8.78 Å². The fourth-order valence-corrected chi connectivity index (χ4v) is 3.16. The van der Waals surface area contributed by atoms with Crippen molar-refractivity contribution in [3.8, 4) is 0 Å². The first-order valence-electron chi connectivity index (χ1n) is 7.19. The number of pyridine rings is 1. The second kappa shape index (κ2) is 6.14. The van der Waals surface area contributed by atoms with E-state index in [1.54, 1.807) is 0 Å². The van der Waals surface area contributed by atoms with E-state index in [1.807, 2.05) is 26.0 Å². The van der Waals surface area contributed by atoms with Gasteiger partial charge in [-0.2, -0.15) is 0 Å². The van der Waals surface area contributed by atoms with E-state index in [2.05, 4.69) is 10.4 Å². The standard InChI is InChI=1S/C15H23F2N3/c1-10-5-6-13(11(2)19-10)14(20-18)8-12-4-3-7-15(16,17)9-12/h5-6,12,14,20H,3-4,7-9,18H2,1-2H3. The molecule has 1 aromatic heterocycles. The molecule has 0 saturated heterocycles. The Morgan fingerprint density at radius 3 is 2.80 bits per heavy atom. The Kier molecular flexibility index (Phi) is 4.70. The third-order valence-electron chi connectivity index (χ3n) is 4.15. The zero-order chi connectivity index (χ0) is 14.8. The molecule has 1 fully saturated rings. The molecule has 1 heterocycles. The van der Waals surface area contributed by atoms with Gasteiger partial charge in [0.2, 0.25) is 5.92 Å². The molecule has 0 bridgehead atoms. The lowest BCUT2D eigenvalue weighted by molar-refractivity contribution is -0.0548. The number of rotatable bonds is 4. The number of aromatic nitrogens is 1. The molecule has 1 aliphatic carbocycles. The molecule has 20 heavy (non-hydrogen) atoms. The number of nitrogens with one attached hydrogen (secondary N) is 1. The van der Waals surface area contributed by atoms with Crippen molar-refractivity contribution in [2.24, 2.45) is 11.8 Å². The highest BCUT2D eigenvalue weighted by atomic mass is 19.3. The summed E-state index contributed by atoms with van der Waals surface area (Å²) >= 11 is 0. The molecule has 3 nitrogen and oxygen atoms in total. The largest absolute Gasteiger partial charge is 0.271 e. The van der Waals surface area contributed by atoms with E-state index >= 15 is 0 Å². The molecule has 0 spiro atoms. The maximum absolute atomic E-state index is 13.5. The van der Waals surface area contributed by atoms with Gasteiger partial charge >= 0.3 is 0 Å². The smallest absolute Gasteiger partial charge is 0.248 e. The van der Waals surface area contributed by atoms with Gasteiger partial charge in [-0.15, -0.1) is 0 Å². The molecule has 2 atom stereocenters. The van der Waals surface area contributed by atoms with Crippen molar-refractivity contribution in [3.63, 3.8) is 0 Å². The molecule has 1 aliphatic rings. The normalized spacial score (nSPS) is 23.6. The molecule has 112 valence electrons. The van der Waals surface area contributed by atoms with Gasteiger partial charge in [-0.25, -0.2) is 8.78 Å². The quantitative estimate of drug-likeness (QED) is 0.657. The molecule has 0 aromatic carbocycles. The number of hydrogen-bond acceptors (Lipinski definition) is 3. The Hall–Kier alpha value is -1.07. The van der Waals surface area contributed by atoms with Gasteiger partial charge in [0.05, 0.1) is 0 Å². The molecule has 3 N–H and O–H groups in total. The number of halogens is 2. The number of alkyl halides is 2. The third kappa shape index (κ3) is 3.73. The molecule has 2 unspecified atom stereocenters. The van der Waals surface area contributed by atoms with Crippen molar-refractivity contribution < 1.29 is 8.78 Å². The second-order valence-electron chi connectivity index (χ2n) is 5.90. The minimum Gasteiger partial charge on any atom is -0.271 e. The molecule has 0 aliphatic heterocycles. The SMILES string of the molecule is Cc1ccc(C(CC2CCCC(F)(F)C2)NN)c(C)n1. The van der Waals surface area contributed by atoms with Gasteiger partial charge in [0, 0.05) is 30.3 Å². The summed E-state index contributed by atoms with van der Waals surface area (Å²) in [6.45, 7) is 3.87. The van der Waals surface area contributed by atoms with Gasteiger partial charge in [-0.1, -0.05) is 6.07 Å². The Balaban J connectivity index is 2.09. The summed E-state index contributed by atoms with van der Waals surface area (Å²) in [5.41, 5.74) is 5.64. The first-order chi connectivity index (χ1) is 9.41. The summed E-state index contributed by atoms with van der Waals surface area (Å²) in [6.07, 6.45) is 2.09. The average molecular weight is 283 g/mol. The van der Waals surface area contributed by atoms with Gasteiger partial charge in [0.25, 0.3) is 0 Å². The number of nitrogens with two attached hydrogens (primary N) is 1. The van der Waals surface area contributed by atoms with Gasteiger partial charge in [0.15, 0.2) is 0 Å². The Morgan fingerprint density at radius 1 is 1.45 bits per heavy atom. The van der Waals surface area contributed by atoms with Crippen molar-refractivity contribution >= 4 is 0 Å². The van der Waals surface area contributed by atoms with Gasteiger partial charge in [-0.3, -0.25) is 16.3 Å². The summed E-state index contributed by atoms with van der Waals surface area (Å²) in [4.78, 5) is 4.42. The van der Waals surface area contributed by atoms with Crippen LogP contribution in [-0.2, 0) is 0 Å². The molecule has 2 rings (SSSR count). The van der Waals surface area contributed by atoms with Crippen LogP contribution in [0.25, 0.3) is 0 Å². The second-order valence-corrected chi connectivity index (χ2v) is 5.90. The third-order valence-corrected chi connectivity index (χ3v) is 4.15. The minimum atomic E-state index is -2.51. The van der Waals surface area contributed by atoms with Crippen LogP contribution >= 0.6 is 0 Å². The van der Waals surface area contributed by atoms with E-state index in [9.17, 15) is 8.78 Å². The van der Waals surface area contributed by atoms with Crippen molar-refractivity contribution in [1.82, 2.24) is 10.4 Å². The fraction of sp³-hybridized carbons (Fsp3) is 0.667. The summed E-state index contributed by atoms with van der Waals surface area (Å²) < 4.78 is 27.0. The van der Waals surface area contributed by atoms with Crippen molar-refractivity contribution in [2.75, 3.05) is 0 Å². The summed E-state index contributed by atoms with van der Waals surface area (Å²) in [7, 11) is 0. The number of nitrogens with zero attached hydrogens (tertiary/aromatic N) is 1. The van der Waals surface area contributed by atoms with E-state index < -0.39 is 5.92 Å². The van der Waals surface area contributed by atoms with E-state index in [-0.39, 0.29) is 24.8 Å². The predicted octanol–water partition coefficient (Wildman–Crippen LogP) is 3.42. The van der Waals surface area contributed by atoms with Gasteiger partial charge in [0.1, 0.15) is 0 Å². The monoisotopic (exact) mass is 283 g/mol. The predicted molar refractivity (Wildman–Crippen MR) is 75.3 cm³/mol. The van der Waals surface area contributed by atoms with Gasteiger partial charge in [-0.05, 0) is 50.7 Å². The van der Waals surface area contributed by atoms with Crippen molar-refractivity contribution in [3.05, 3.63) is 29.1 Å². The van der Waals surface area contributed by atoms with E-state index in [0.29, 0.717) is 12.8 Å². The number of aryl methyl sites for hydroxylation is 2. The molecular formula is C15H23F2N3. The first-order valence-corrected chi connectivity index (χ1v) is 7.19. The summed E-state index contributed by atoms with van der Waals surface area (Å²) in [6, 6.07) is 3.81. The zero-order valence-corrected chi connectivity index (χ0v) is 12.1. The lowest BCUT2D eigenvalue weighted by Crippen LogP contribution is -2.33. The topological polar surface area (TPSA) is 50.9 Å². The van der Waals surface area contributed by atoms with Crippen LogP contribution in [0.2, 0.25) is 0 Å². The highest BCUT2D eigenvalue weighted by molar-refractivity contribution is 5.25. The molecule has 1 aromatic rings. The van der Waals surface area contributed by atoms with Crippen LogP contribution < -0.4 is 11.3 Å². The van der Waals surface area contributed by atoms with Crippen molar-refractivity contribution in [1.29, 1.82) is 0 Å². The highest BCUT2D eigenvalue weighted by Crippen LogP contribution is 2.40. The first kappa shape index (κ1) is 15.3. The summed E-state index contributed by atoms with van der Waals surface area (Å²) in [5, 5.41) is 0. The van der Waals surface area contributed by atoms with Crippen LogP contribution in [0, 0.1) is 19.8 Å². The Labute approximate surface area is 118 Å². The van der Waals surface area contributed by atoms with E-state index in [0.717, 1.165) is 23.4 Å². The van der Waals surface area contributed by atoms with Crippen LogP contribution in [0.15, 0.2) is 12.1 Å². The molecular weight excluding hydrogens is 260 g/mol. The van der Waals surface area contributed by atoms with Crippen LogP contribution in [0.3, 0.4) is 0 Å². The Morgan fingerprint density at radius 2 is 2.20 bits per heavy atom. The molecule has 5 heteroatoms. The maximum atomic E-state index is 13.5. The number of hydrazine groups is 1. The average Bonchev–Trinajstić information content (AvgIpc) is 2.35. The van der Waals surface area contributed by atoms with E-state index in [4.69, 9.17) is 5.84 Å². The molecule has 1 saturated carbocycles. The lowest BCUT2D eigenvalue weighted by Gasteiger charge is -2.31. The molecule has 0 radical (unpaired) electrons. The zero-order valence-electron chi connectivity index (χ0n) is 12.1.